The topological polar surface area (TPSA) is 87.3 Å². The third-order valence-corrected chi connectivity index (χ3v) is 3.44. The van der Waals surface area contributed by atoms with Crippen LogP contribution in [0.25, 0.3) is 0 Å². The van der Waals surface area contributed by atoms with Gasteiger partial charge >= 0.3 is 0 Å². The summed E-state index contributed by atoms with van der Waals surface area (Å²) in [6.07, 6.45) is 0. The summed E-state index contributed by atoms with van der Waals surface area (Å²) in [5.74, 6) is -1.49. The molecule has 0 saturated heterocycles. The van der Waals surface area contributed by atoms with Crippen LogP contribution >= 0.6 is 23.2 Å². The molecule has 3 N–H and O–H groups in total. The van der Waals surface area contributed by atoms with E-state index in [1.807, 2.05) is 0 Å². The van der Waals surface area contributed by atoms with E-state index in [4.69, 9.17) is 23.2 Å². The minimum atomic E-state index is -0.570. The number of carbonyl (C=O) groups excluding carboxylic acids is 3. The molecule has 0 atom stereocenters. The van der Waals surface area contributed by atoms with E-state index in [1.165, 1.54) is 24.3 Å². The highest BCUT2D eigenvalue weighted by Gasteiger charge is 2.10. The van der Waals surface area contributed by atoms with Crippen LogP contribution < -0.4 is 16.2 Å². The van der Waals surface area contributed by atoms with Crippen molar-refractivity contribution in [3.63, 3.8) is 0 Å². The van der Waals surface area contributed by atoms with Gasteiger partial charge in [0, 0.05) is 21.2 Å². The van der Waals surface area contributed by atoms with Gasteiger partial charge in [-0.3, -0.25) is 25.2 Å². The molecule has 3 amide bonds. The number of benzene rings is 2. The molecule has 0 unspecified atom stereocenters. The van der Waals surface area contributed by atoms with E-state index in [-0.39, 0.29) is 6.54 Å². The predicted octanol–water partition coefficient (Wildman–Crippen LogP) is 2.18. The van der Waals surface area contributed by atoms with Crippen molar-refractivity contribution in [1.82, 2.24) is 16.2 Å². The molecule has 6 nitrogen and oxygen atoms in total. The van der Waals surface area contributed by atoms with Crippen molar-refractivity contribution in [1.29, 1.82) is 0 Å². The molecule has 2 rings (SSSR count). The van der Waals surface area contributed by atoms with E-state index >= 15 is 0 Å². The number of hydrazine groups is 1. The summed E-state index contributed by atoms with van der Waals surface area (Å²) in [6.45, 7) is -0.289. The molecule has 0 aliphatic heterocycles. The molecule has 0 heterocycles. The lowest BCUT2D eigenvalue weighted by molar-refractivity contribution is -0.120. The van der Waals surface area contributed by atoms with Gasteiger partial charge in [0.05, 0.1) is 6.54 Å². The maximum absolute atomic E-state index is 11.8. The van der Waals surface area contributed by atoms with Crippen LogP contribution in [0.1, 0.15) is 20.7 Å². The zero-order valence-corrected chi connectivity index (χ0v) is 13.8. The number of hydrogen-bond acceptors (Lipinski definition) is 3. The Morgan fingerprint density at radius 2 is 1.17 bits per heavy atom. The molecule has 0 saturated carbocycles. The van der Waals surface area contributed by atoms with Crippen molar-refractivity contribution in [2.75, 3.05) is 6.54 Å². The lowest BCUT2D eigenvalue weighted by atomic mass is 10.2. The van der Waals surface area contributed by atoms with Gasteiger partial charge in [-0.25, -0.2) is 0 Å². The lowest BCUT2D eigenvalue weighted by Crippen LogP contribution is -2.46. The van der Waals surface area contributed by atoms with E-state index in [2.05, 4.69) is 16.2 Å². The smallest absolute Gasteiger partial charge is 0.269 e. The first kappa shape index (κ1) is 17.8. The van der Waals surface area contributed by atoms with Gasteiger partial charge in [0.15, 0.2) is 0 Å². The van der Waals surface area contributed by atoms with Gasteiger partial charge in [-0.05, 0) is 48.5 Å². The Morgan fingerprint density at radius 1 is 0.708 bits per heavy atom. The van der Waals surface area contributed by atoms with E-state index < -0.39 is 17.7 Å². The number of carbonyl (C=O) groups is 3. The second-order valence-corrected chi connectivity index (χ2v) is 5.57. The van der Waals surface area contributed by atoms with Gasteiger partial charge in [0.2, 0.25) is 0 Å². The summed E-state index contributed by atoms with van der Waals surface area (Å²) < 4.78 is 0. The van der Waals surface area contributed by atoms with Gasteiger partial charge in [-0.1, -0.05) is 23.2 Å². The number of rotatable bonds is 4. The first-order valence-electron chi connectivity index (χ1n) is 6.84. The van der Waals surface area contributed by atoms with E-state index in [0.717, 1.165) is 0 Å². The standard InChI is InChI=1S/C16H13Cl2N3O3/c17-12-5-1-10(2-6-12)15(23)19-9-14(22)20-21-16(24)11-3-7-13(18)8-4-11/h1-8H,9H2,(H,19,23)(H,20,22)(H,21,24). The second-order valence-electron chi connectivity index (χ2n) is 4.70. The molecule has 8 heteroatoms. The first-order valence-corrected chi connectivity index (χ1v) is 7.60. The fraction of sp³-hybridized carbons (Fsp3) is 0.0625. The van der Waals surface area contributed by atoms with Crippen molar-refractivity contribution in [3.05, 3.63) is 69.7 Å². The minimum Gasteiger partial charge on any atom is -0.343 e. The predicted molar refractivity (Wildman–Crippen MR) is 90.8 cm³/mol. The maximum atomic E-state index is 11.8. The molecule has 2 aromatic rings. The fourth-order valence-electron chi connectivity index (χ4n) is 1.71. The van der Waals surface area contributed by atoms with Crippen LogP contribution in [0.15, 0.2) is 48.5 Å². The van der Waals surface area contributed by atoms with Crippen molar-refractivity contribution >= 4 is 40.9 Å². The summed E-state index contributed by atoms with van der Waals surface area (Å²) in [7, 11) is 0. The second kappa shape index (κ2) is 8.33. The highest BCUT2D eigenvalue weighted by molar-refractivity contribution is 6.31. The molecule has 0 aliphatic carbocycles. The van der Waals surface area contributed by atoms with Crippen LogP contribution in [-0.2, 0) is 4.79 Å². The largest absolute Gasteiger partial charge is 0.343 e. The highest BCUT2D eigenvalue weighted by Crippen LogP contribution is 2.09. The monoisotopic (exact) mass is 365 g/mol. The van der Waals surface area contributed by atoms with Crippen molar-refractivity contribution in [2.24, 2.45) is 0 Å². The first-order chi connectivity index (χ1) is 11.5. The Bertz CT molecular complexity index is 683. The van der Waals surface area contributed by atoms with Crippen LogP contribution in [0.5, 0.6) is 0 Å². The van der Waals surface area contributed by atoms with Crippen molar-refractivity contribution in [3.8, 4) is 0 Å². The van der Waals surface area contributed by atoms with E-state index in [9.17, 15) is 14.4 Å². The quantitative estimate of drug-likeness (QED) is 0.725. The Morgan fingerprint density at radius 3 is 1.67 bits per heavy atom. The molecule has 0 radical (unpaired) electrons. The van der Waals surface area contributed by atoms with Gasteiger partial charge < -0.3 is 5.32 Å². The SMILES string of the molecule is O=C(CNC(=O)c1ccc(Cl)cc1)NNC(=O)c1ccc(Cl)cc1. The summed E-state index contributed by atoms with van der Waals surface area (Å²) >= 11 is 11.5. The van der Waals surface area contributed by atoms with Crippen LogP contribution in [0.2, 0.25) is 10.0 Å². The Kier molecular flexibility index (Phi) is 6.17. The average molecular weight is 366 g/mol. The summed E-state index contributed by atoms with van der Waals surface area (Å²) in [6, 6.07) is 12.4. The molecular formula is C16H13Cl2N3O3. The maximum Gasteiger partial charge on any atom is 0.269 e. The summed E-state index contributed by atoms with van der Waals surface area (Å²) in [5.41, 5.74) is 5.15. The zero-order chi connectivity index (χ0) is 17.5. The van der Waals surface area contributed by atoms with Gasteiger partial charge in [-0.15, -0.1) is 0 Å². The van der Waals surface area contributed by atoms with Gasteiger partial charge in [-0.2, -0.15) is 0 Å². The lowest BCUT2D eigenvalue weighted by Gasteiger charge is -2.08. The van der Waals surface area contributed by atoms with Crippen LogP contribution in [0, 0.1) is 0 Å². The Labute approximate surface area is 148 Å². The highest BCUT2D eigenvalue weighted by atomic mass is 35.5. The Balaban J connectivity index is 1.77. The molecule has 2 aromatic carbocycles. The van der Waals surface area contributed by atoms with E-state index in [0.29, 0.717) is 21.2 Å². The van der Waals surface area contributed by atoms with E-state index in [1.54, 1.807) is 24.3 Å². The third kappa shape index (κ3) is 5.26. The average Bonchev–Trinajstić information content (AvgIpc) is 2.58. The van der Waals surface area contributed by atoms with Crippen LogP contribution in [0.4, 0.5) is 0 Å². The van der Waals surface area contributed by atoms with Crippen LogP contribution in [0.3, 0.4) is 0 Å². The molecule has 0 spiro atoms. The zero-order valence-electron chi connectivity index (χ0n) is 12.3. The normalized spacial score (nSPS) is 9.92. The van der Waals surface area contributed by atoms with Gasteiger partial charge in [0.1, 0.15) is 0 Å². The number of hydrogen-bond donors (Lipinski definition) is 3. The van der Waals surface area contributed by atoms with Crippen molar-refractivity contribution in [2.45, 2.75) is 0 Å². The number of halogens is 2. The third-order valence-electron chi connectivity index (χ3n) is 2.94. The molecule has 24 heavy (non-hydrogen) atoms. The fourth-order valence-corrected chi connectivity index (χ4v) is 1.96. The van der Waals surface area contributed by atoms with Gasteiger partial charge in [0.25, 0.3) is 17.7 Å². The molecule has 0 aromatic heterocycles. The molecule has 0 bridgehead atoms. The van der Waals surface area contributed by atoms with Crippen LogP contribution in [-0.4, -0.2) is 24.3 Å². The minimum absolute atomic E-state index is 0.289. The molecule has 124 valence electrons. The van der Waals surface area contributed by atoms with Crippen molar-refractivity contribution < 1.29 is 14.4 Å². The molecule has 0 fully saturated rings. The summed E-state index contributed by atoms with van der Waals surface area (Å²) in [4.78, 5) is 35.2. The number of nitrogens with one attached hydrogen (secondary N) is 3. The summed E-state index contributed by atoms with van der Waals surface area (Å²) in [5, 5.41) is 3.44. The number of amides is 3. The Hall–Kier alpha value is -2.57. The molecular weight excluding hydrogens is 353 g/mol. The molecule has 0 aliphatic rings.